The highest BCUT2D eigenvalue weighted by molar-refractivity contribution is 6.34. The summed E-state index contributed by atoms with van der Waals surface area (Å²) in [5, 5.41) is 61.9. The summed E-state index contributed by atoms with van der Waals surface area (Å²) in [6, 6.07) is 52.4. The van der Waals surface area contributed by atoms with Gasteiger partial charge in [0.05, 0.1) is 74.4 Å². The lowest BCUT2D eigenvalue weighted by atomic mass is 9.98. The molecule has 136 heavy (non-hydrogen) atoms. The molecule has 0 atom stereocenters. The predicted molar refractivity (Wildman–Crippen MR) is 529 cm³/mol. The van der Waals surface area contributed by atoms with Crippen LogP contribution in [-0.4, -0.2) is 140 Å². The molecule has 1 aliphatic rings. The molecule has 0 bridgehead atoms. The van der Waals surface area contributed by atoms with Crippen molar-refractivity contribution in [1.82, 2.24) is 86.1 Å². The third-order valence-electron chi connectivity index (χ3n) is 21.1. The van der Waals surface area contributed by atoms with Crippen LogP contribution in [-0.2, 0) is 0 Å². The molecule has 1 fully saturated rings. The third kappa shape index (κ3) is 24.1. The molecule has 8 heterocycles. The lowest BCUT2D eigenvalue weighted by molar-refractivity contribution is 0.0696. The number of primary amides is 1. The number of benzene rings is 8. The van der Waals surface area contributed by atoms with Crippen molar-refractivity contribution in [3.05, 3.63) is 300 Å². The zero-order chi connectivity index (χ0) is 96.5. The van der Waals surface area contributed by atoms with E-state index in [-0.39, 0.29) is 29.0 Å². The summed E-state index contributed by atoms with van der Waals surface area (Å²) in [6.07, 6.45) is 10.0. The maximum atomic E-state index is 15.0. The Morgan fingerprint density at radius 2 is 0.713 bits per heavy atom. The fourth-order valence-electron chi connectivity index (χ4n) is 14.0. The Morgan fingerprint density at radius 3 is 1.04 bits per heavy atom. The maximum absolute atomic E-state index is 15.0. The van der Waals surface area contributed by atoms with Gasteiger partial charge in [-0.1, -0.05) is 94.9 Å². The number of nitrogens with zero attached hydrogens (tertiary/aromatic N) is 12. The monoisotopic (exact) mass is 1910 g/mol. The van der Waals surface area contributed by atoms with Crippen LogP contribution in [0.2, 0.25) is 20.1 Å². The Morgan fingerprint density at radius 1 is 0.390 bits per heavy atom. The minimum Gasteiger partial charge on any atom is -0.495 e. The summed E-state index contributed by atoms with van der Waals surface area (Å²) < 4.78 is 31.8. The van der Waals surface area contributed by atoms with Crippen LogP contribution >= 0.6 is 46.4 Å². The number of amides is 3. The van der Waals surface area contributed by atoms with Crippen molar-refractivity contribution in [3.8, 4) is 61.8 Å². The Kier molecular flexibility index (Phi) is 30.5. The number of carboxylic acid groups (broad SMARTS) is 1. The molecule has 0 aliphatic heterocycles. The molecule has 3 amide bonds. The van der Waals surface area contributed by atoms with E-state index in [1.54, 1.807) is 120 Å². The van der Waals surface area contributed by atoms with Crippen molar-refractivity contribution in [2.45, 2.75) is 67.2 Å². The molecule has 8 aromatic heterocycles. The van der Waals surface area contributed by atoms with E-state index in [0.29, 0.717) is 147 Å². The van der Waals surface area contributed by atoms with Crippen LogP contribution in [0.1, 0.15) is 105 Å². The van der Waals surface area contributed by atoms with Crippen molar-refractivity contribution in [1.29, 1.82) is 0 Å². The van der Waals surface area contributed by atoms with E-state index in [1.807, 2.05) is 139 Å². The molecule has 16 aromatic rings. The number of carboxylic acids is 1. The van der Waals surface area contributed by atoms with Gasteiger partial charge < -0.3 is 78.2 Å². The molecule has 1 aliphatic carbocycles. The van der Waals surface area contributed by atoms with Gasteiger partial charge in [0.15, 0.2) is 40.7 Å². The second-order valence-corrected chi connectivity index (χ2v) is 32.6. The summed E-state index contributed by atoms with van der Waals surface area (Å²) in [4.78, 5) is 85.2. The molecule has 0 radical (unpaired) electrons. The number of pyridine rings is 1. The van der Waals surface area contributed by atoms with Crippen molar-refractivity contribution < 1.29 is 42.9 Å². The minimum atomic E-state index is -0.963. The highest BCUT2D eigenvalue weighted by atomic mass is 35.5. The first-order valence-electron chi connectivity index (χ1n) is 42.0. The van der Waals surface area contributed by atoms with Gasteiger partial charge in [-0.25, -0.2) is 34.1 Å². The Bertz CT molecular complexity index is 7090. The zero-order valence-electron chi connectivity index (χ0n) is 75.3. The number of carbonyl (C=O) groups is 4. The molecule has 16 N–H and O–H groups in total. The number of methoxy groups -OCH3 is 3. The number of aromatic nitrogens is 15. The highest BCUT2D eigenvalue weighted by Gasteiger charge is 2.27. The fraction of sp³-hybridized carbons (Fsp3) is 0.155. The first kappa shape index (κ1) is 95.7. The van der Waals surface area contributed by atoms with Gasteiger partial charge >= 0.3 is 5.97 Å². The second-order valence-electron chi connectivity index (χ2n) is 31.0. The van der Waals surface area contributed by atoms with Gasteiger partial charge in [-0.2, -0.15) is 35.2 Å². The van der Waals surface area contributed by atoms with E-state index in [4.69, 9.17) is 71.5 Å². The lowest BCUT2D eigenvalue weighted by Gasteiger charge is -2.16. The van der Waals surface area contributed by atoms with Gasteiger partial charge in [0.25, 0.3) is 11.8 Å². The van der Waals surface area contributed by atoms with Crippen LogP contribution in [0, 0.1) is 54.3 Å². The molecule has 8 aromatic carbocycles. The quantitative estimate of drug-likeness (QED) is 0.0216. The first-order chi connectivity index (χ1) is 65.4. The highest BCUT2D eigenvalue weighted by Crippen LogP contribution is 2.43. The Labute approximate surface area is 799 Å². The van der Waals surface area contributed by atoms with Crippen LogP contribution in [0.5, 0.6) is 17.2 Å². The predicted octanol–water partition coefficient (Wildman–Crippen LogP) is 21.4. The number of hydrogen-bond donors (Lipinski definition) is 15. The second kappa shape index (κ2) is 43.3. The van der Waals surface area contributed by atoms with E-state index >= 15 is 0 Å². The number of anilines is 16. The van der Waals surface area contributed by atoms with E-state index in [9.17, 15) is 23.6 Å². The molecule has 1 saturated carbocycles. The van der Waals surface area contributed by atoms with Crippen LogP contribution < -0.4 is 73.1 Å². The molecular formula is C97H91Cl4FN26O8. The van der Waals surface area contributed by atoms with Gasteiger partial charge in [-0.05, 0) is 243 Å². The van der Waals surface area contributed by atoms with Crippen molar-refractivity contribution in [2.75, 3.05) is 78.0 Å². The van der Waals surface area contributed by atoms with Crippen molar-refractivity contribution >= 4 is 163 Å². The van der Waals surface area contributed by atoms with Crippen molar-refractivity contribution in [2.24, 2.45) is 5.73 Å². The van der Waals surface area contributed by atoms with Gasteiger partial charge in [0.1, 0.15) is 49.0 Å². The SMILES string of the molecule is CNC(=O)c1ccc(-c2cc(OC)c(Nc3ncc(Cl)c(Nc4cc(C)[nH]n4)n3)cc2C)cc1.CNC(=O)c1ccc(-c2cc(OC)c(Nc3ncc(Cl)c(Nc4cc(C)ccn4)n3)cc2C)cc1.COc1cc(-c2ccc(C(=O)O)cc2)c(C)cc1Nc1ncc(Cl)c(Nc2cc(C)[nH]n2)n1.Cc1cc(Nc2ncc(Cl)c(Nc3cc(C4CC4)[nH]n3)n2)c(F)cc1-c1ccc(C(N)=O)cc1. The summed E-state index contributed by atoms with van der Waals surface area (Å²) >= 11 is 25.1. The van der Waals surface area contributed by atoms with E-state index in [0.717, 1.165) is 96.7 Å². The number of rotatable bonds is 28. The molecular weight excluding hydrogens is 1820 g/mol. The van der Waals surface area contributed by atoms with E-state index in [2.05, 4.69) is 129 Å². The molecule has 39 heteroatoms. The third-order valence-corrected chi connectivity index (χ3v) is 22.2. The maximum Gasteiger partial charge on any atom is 0.335 e. The normalized spacial score (nSPS) is 11.2. The first-order valence-corrected chi connectivity index (χ1v) is 43.5. The molecule has 692 valence electrons. The largest absolute Gasteiger partial charge is 0.495 e. The summed E-state index contributed by atoms with van der Waals surface area (Å²) in [5.41, 5.74) is 24.4. The van der Waals surface area contributed by atoms with E-state index in [1.165, 1.54) is 30.9 Å². The zero-order valence-corrected chi connectivity index (χ0v) is 78.3. The smallest absolute Gasteiger partial charge is 0.335 e. The molecule has 0 spiro atoms. The summed E-state index contributed by atoms with van der Waals surface area (Å²) in [6.45, 7) is 13.6. The van der Waals surface area contributed by atoms with Crippen LogP contribution in [0.15, 0.2) is 207 Å². The fourth-order valence-corrected chi connectivity index (χ4v) is 14.5. The number of halogens is 5. The molecule has 0 saturated heterocycles. The number of nitrogens with one attached hydrogen (secondary N) is 13. The van der Waals surface area contributed by atoms with Crippen LogP contribution in [0.4, 0.5) is 97.5 Å². The van der Waals surface area contributed by atoms with Gasteiger partial charge in [0.2, 0.25) is 29.7 Å². The van der Waals surface area contributed by atoms with Crippen LogP contribution in [0.3, 0.4) is 0 Å². The standard InChI is InChI=1S/C26H25ClN6O2.C24H21ClFN7O.C24H24ClN7O2.C23H21ClN6O3/c1-15-9-10-29-23(11-15)32-24-20(27)14-30-26(33-24)31-21-12-16(2)19(13-22(21)35-4)17-5-7-18(8-6-17)25(34)28-3;1-12-8-20(18(26)9-16(12)13-2-6-15(7-3-13)22(27)34)29-24-28-11-17(25)23(31-24)30-21-10-19(32-33-21)14-4-5-14;1-13-9-19(20(34-4)11-17(13)15-5-7-16(8-6-15)23(33)26-3)28-24-27-12-18(25)22(30-24)29-21-10-14(2)31-32-21;1-12-8-18(19(33-3)10-16(12)14-4-6-15(7-5-14)22(31)32)26-23-25-11-17(24)21(28-23)27-20-9-13(2)29-30-20/h5-14H,1-4H3,(H,28,34)(H2,29,30,31,32,33);2-3,6-11,14H,4-5H2,1H3,(H2,27,34)(H3,28,29,30,31,32,33);5-12H,1-4H3,(H,26,33)(H3,27,28,29,30,31,32);4-11H,1-3H3,(H,31,32)(H3,25,26,27,28,29,30). The van der Waals surface area contributed by atoms with Crippen LogP contribution in [0.25, 0.3) is 44.5 Å². The number of aromatic amines is 3. The van der Waals surface area contributed by atoms with Crippen molar-refractivity contribution in [3.63, 3.8) is 0 Å². The number of nitrogens with two attached hydrogens (primary N) is 1. The number of ether oxygens (including phenoxy) is 3. The number of carbonyl (C=O) groups excluding carboxylic acids is 3. The average Bonchev–Trinajstić information content (AvgIpc) is 1.01. The lowest BCUT2D eigenvalue weighted by Crippen LogP contribution is -2.17. The number of aromatic carboxylic acids is 1. The van der Waals surface area contributed by atoms with Gasteiger partial charge in [0, 0.05) is 78.2 Å². The molecule has 17 rings (SSSR count). The Balaban J connectivity index is 0.000000145. The molecule has 0 unspecified atom stereocenters. The molecule has 34 nitrogen and oxygen atoms in total. The minimum absolute atomic E-state index is 0.125. The summed E-state index contributed by atoms with van der Waals surface area (Å²) in [5.74, 6) is 5.41. The summed E-state index contributed by atoms with van der Waals surface area (Å²) in [7, 11) is 8.00. The number of H-pyrrole nitrogens is 3. The van der Waals surface area contributed by atoms with Gasteiger partial charge in [-0.15, -0.1) is 0 Å². The Hall–Kier alpha value is -16.4. The number of hydrogen-bond acceptors (Lipinski definition) is 27. The average molecular weight is 1910 g/mol. The topological polar surface area (TPSA) is 465 Å². The number of aryl methyl sites for hydroxylation is 7. The van der Waals surface area contributed by atoms with E-state index < -0.39 is 17.7 Å². The van der Waals surface area contributed by atoms with Gasteiger partial charge in [-0.3, -0.25) is 29.7 Å².